The lowest BCUT2D eigenvalue weighted by Gasteiger charge is -2.09. The lowest BCUT2D eigenvalue weighted by molar-refractivity contribution is -0.136. The minimum Gasteiger partial charge on any atom is -0.506 e. The maximum Gasteiger partial charge on any atom is 0.309 e. The highest BCUT2D eigenvalue weighted by Gasteiger charge is 2.20. The van der Waals surface area contributed by atoms with Gasteiger partial charge in [0.1, 0.15) is 17.2 Å². The molecule has 0 unspecified atom stereocenters. The normalized spacial score (nSPS) is 10.5. The number of alkyl halides is 2. The fourth-order valence-electron chi connectivity index (χ4n) is 1.13. The van der Waals surface area contributed by atoms with E-state index in [-0.39, 0.29) is 11.4 Å². The van der Waals surface area contributed by atoms with E-state index in [1.54, 1.807) is 0 Å². The summed E-state index contributed by atoms with van der Waals surface area (Å²) in [6.07, 6.45) is -3.53. The largest absolute Gasteiger partial charge is 0.506 e. The van der Waals surface area contributed by atoms with Crippen LogP contribution in [0.5, 0.6) is 11.5 Å². The Balaban J connectivity index is 3.21. The zero-order chi connectivity index (χ0) is 12.3. The van der Waals surface area contributed by atoms with Crippen molar-refractivity contribution in [2.75, 3.05) is 7.11 Å². The quantitative estimate of drug-likeness (QED) is 0.820. The Labute approximate surface area is 89.3 Å². The maximum atomic E-state index is 12.5. The molecule has 5 nitrogen and oxygen atoms in total. The number of hydrogen-bond acceptors (Lipinski definition) is 4. The fraction of sp³-hybridized carbons (Fsp3) is 0.333. The molecule has 1 aromatic heterocycles. The smallest absolute Gasteiger partial charge is 0.309 e. The van der Waals surface area contributed by atoms with Crippen molar-refractivity contribution in [3.05, 3.63) is 17.5 Å². The number of carboxylic acid groups (broad SMARTS) is 1. The third-order valence-electron chi connectivity index (χ3n) is 1.82. The van der Waals surface area contributed by atoms with Crippen LogP contribution in [0.25, 0.3) is 0 Å². The molecule has 88 valence electrons. The van der Waals surface area contributed by atoms with E-state index in [4.69, 9.17) is 5.11 Å². The molecular formula is C9H9F2NO4. The van der Waals surface area contributed by atoms with Crippen molar-refractivity contribution in [2.24, 2.45) is 0 Å². The van der Waals surface area contributed by atoms with Crippen molar-refractivity contribution in [1.29, 1.82) is 0 Å². The maximum absolute atomic E-state index is 12.5. The van der Waals surface area contributed by atoms with E-state index in [2.05, 4.69) is 9.72 Å². The second kappa shape index (κ2) is 4.73. The van der Waals surface area contributed by atoms with E-state index < -0.39 is 30.3 Å². The van der Waals surface area contributed by atoms with Gasteiger partial charge in [-0.05, 0) is 0 Å². The van der Waals surface area contributed by atoms with Gasteiger partial charge in [-0.15, -0.1) is 0 Å². The number of halogens is 2. The number of rotatable bonds is 4. The number of carboxylic acids is 1. The summed E-state index contributed by atoms with van der Waals surface area (Å²) in [5.41, 5.74) is -1.000. The number of aromatic nitrogens is 1. The second-order valence-corrected chi connectivity index (χ2v) is 2.91. The van der Waals surface area contributed by atoms with Gasteiger partial charge in [0, 0.05) is 6.07 Å². The molecule has 0 amide bonds. The molecule has 0 bridgehead atoms. The first-order chi connectivity index (χ1) is 7.45. The van der Waals surface area contributed by atoms with Crippen molar-refractivity contribution in [1.82, 2.24) is 4.98 Å². The molecule has 2 N–H and O–H groups in total. The Kier molecular flexibility index (Phi) is 3.60. The molecule has 0 aliphatic heterocycles. The van der Waals surface area contributed by atoms with E-state index >= 15 is 0 Å². The van der Waals surface area contributed by atoms with Gasteiger partial charge in [-0.1, -0.05) is 0 Å². The predicted molar refractivity (Wildman–Crippen MR) is 48.8 cm³/mol. The number of carbonyl (C=O) groups is 1. The van der Waals surface area contributed by atoms with Crippen LogP contribution >= 0.6 is 0 Å². The van der Waals surface area contributed by atoms with E-state index in [1.165, 1.54) is 0 Å². The molecule has 0 aliphatic rings. The number of ether oxygens (including phenoxy) is 1. The molecule has 16 heavy (non-hydrogen) atoms. The highest BCUT2D eigenvalue weighted by atomic mass is 19.3. The molecule has 0 radical (unpaired) electrons. The number of methoxy groups -OCH3 is 1. The highest BCUT2D eigenvalue weighted by molar-refractivity contribution is 5.70. The third kappa shape index (κ3) is 2.56. The van der Waals surface area contributed by atoms with Gasteiger partial charge in [0.2, 0.25) is 0 Å². The first-order valence-electron chi connectivity index (χ1n) is 4.22. The summed E-state index contributed by atoms with van der Waals surface area (Å²) in [6.45, 7) is 0. The molecule has 0 fully saturated rings. The molecular weight excluding hydrogens is 224 g/mol. The standard InChI is InChI=1S/C9H9F2NO4/c1-16-6-3-5(13)4(2-7(14)15)12-8(6)9(10)11/h3,9,13H,2H2,1H3,(H,14,15). The van der Waals surface area contributed by atoms with Crippen molar-refractivity contribution >= 4 is 5.97 Å². The average Bonchev–Trinajstić information content (AvgIpc) is 2.19. The summed E-state index contributed by atoms with van der Waals surface area (Å²) in [5, 5.41) is 17.8. The van der Waals surface area contributed by atoms with E-state index in [1.807, 2.05) is 0 Å². The van der Waals surface area contributed by atoms with Crippen LogP contribution in [-0.2, 0) is 11.2 Å². The number of hydrogen-bond donors (Lipinski definition) is 2. The van der Waals surface area contributed by atoms with Crippen molar-refractivity contribution in [3.8, 4) is 11.5 Å². The first-order valence-corrected chi connectivity index (χ1v) is 4.22. The Morgan fingerprint density at radius 2 is 2.25 bits per heavy atom. The van der Waals surface area contributed by atoms with Gasteiger partial charge in [-0.25, -0.2) is 13.8 Å². The van der Waals surface area contributed by atoms with Crippen LogP contribution in [0.2, 0.25) is 0 Å². The lowest BCUT2D eigenvalue weighted by atomic mass is 10.2. The van der Waals surface area contributed by atoms with Crippen LogP contribution in [0.1, 0.15) is 17.8 Å². The molecule has 0 atom stereocenters. The molecule has 0 saturated heterocycles. The van der Waals surface area contributed by atoms with Gasteiger partial charge in [0.05, 0.1) is 19.2 Å². The number of aliphatic carboxylic acids is 1. The highest BCUT2D eigenvalue weighted by Crippen LogP contribution is 2.31. The van der Waals surface area contributed by atoms with Crippen LogP contribution in [0.3, 0.4) is 0 Å². The molecule has 0 saturated carbocycles. The summed E-state index contributed by atoms with van der Waals surface area (Å²) >= 11 is 0. The van der Waals surface area contributed by atoms with Gasteiger partial charge in [0.15, 0.2) is 0 Å². The van der Waals surface area contributed by atoms with Crippen LogP contribution in [0.4, 0.5) is 8.78 Å². The van der Waals surface area contributed by atoms with Gasteiger partial charge in [0.25, 0.3) is 6.43 Å². The Bertz CT molecular complexity index is 409. The molecule has 1 aromatic rings. The summed E-state index contributed by atoms with van der Waals surface area (Å²) in [4.78, 5) is 13.8. The van der Waals surface area contributed by atoms with E-state index in [0.29, 0.717) is 0 Å². The average molecular weight is 233 g/mol. The molecule has 0 spiro atoms. The Morgan fingerprint density at radius 3 is 2.69 bits per heavy atom. The zero-order valence-corrected chi connectivity index (χ0v) is 8.28. The zero-order valence-electron chi connectivity index (χ0n) is 8.28. The first kappa shape index (κ1) is 12.2. The molecule has 7 heteroatoms. The predicted octanol–water partition coefficient (Wildman–Crippen LogP) is 1.36. The molecule has 0 aliphatic carbocycles. The van der Waals surface area contributed by atoms with E-state index in [9.17, 15) is 18.7 Å². The van der Waals surface area contributed by atoms with Crippen LogP contribution in [-0.4, -0.2) is 28.3 Å². The number of nitrogens with zero attached hydrogens (tertiary/aromatic N) is 1. The second-order valence-electron chi connectivity index (χ2n) is 2.91. The SMILES string of the molecule is COc1cc(O)c(CC(=O)O)nc1C(F)F. The summed E-state index contributed by atoms with van der Waals surface area (Å²) < 4.78 is 29.6. The van der Waals surface area contributed by atoms with Gasteiger partial charge in [-0.3, -0.25) is 4.79 Å². The minimum absolute atomic E-state index is 0.276. The summed E-state index contributed by atoms with van der Waals surface area (Å²) in [5.74, 6) is -2.03. The fourth-order valence-corrected chi connectivity index (χ4v) is 1.13. The molecule has 1 rings (SSSR count). The van der Waals surface area contributed by atoms with Crippen LogP contribution in [0.15, 0.2) is 6.07 Å². The number of pyridine rings is 1. The summed E-state index contributed by atoms with van der Waals surface area (Å²) in [6, 6.07) is 0.923. The lowest BCUT2D eigenvalue weighted by Crippen LogP contribution is -2.06. The Morgan fingerprint density at radius 1 is 1.62 bits per heavy atom. The topological polar surface area (TPSA) is 79.7 Å². The van der Waals surface area contributed by atoms with Crippen molar-refractivity contribution < 1.29 is 28.5 Å². The van der Waals surface area contributed by atoms with Gasteiger partial charge >= 0.3 is 5.97 Å². The Hall–Kier alpha value is -1.92. The van der Waals surface area contributed by atoms with Crippen molar-refractivity contribution in [2.45, 2.75) is 12.8 Å². The number of aromatic hydroxyl groups is 1. The van der Waals surface area contributed by atoms with Gasteiger partial charge < -0.3 is 14.9 Å². The molecule has 1 heterocycles. The van der Waals surface area contributed by atoms with E-state index in [0.717, 1.165) is 13.2 Å². The van der Waals surface area contributed by atoms with Crippen LogP contribution < -0.4 is 4.74 Å². The van der Waals surface area contributed by atoms with Gasteiger partial charge in [-0.2, -0.15) is 0 Å². The molecule has 0 aromatic carbocycles. The minimum atomic E-state index is -2.90. The van der Waals surface area contributed by atoms with Crippen molar-refractivity contribution in [3.63, 3.8) is 0 Å². The monoisotopic (exact) mass is 233 g/mol. The third-order valence-corrected chi connectivity index (χ3v) is 1.82. The summed E-state index contributed by atoms with van der Waals surface area (Å²) in [7, 11) is 1.15. The van der Waals surface area contributed by atoms with Crippen LogP contribution in [0, 0.1) is 0 Å².